The summed E-state index contributed by atoms with van der Waals surface area (Å²) in [5, 5.41) is 11.8. The molecule has 1 saturated heterocycles. The first-order chi connectivity index (χ1) is 12.2. The van der Waals surface area contributed by atoms with Crippen molar-refractivity contribution in [2.45, 2.75) is 13.0 Å². The van der Waals surface area contributed by atoms with Gasteiger partial charge in [-0.3, -0.25) is 10.0 Å². The van der Waals surface area contributed by atoms with E-state index in [-0.39, 0.29) is 32.2 Å². The summed E-state index contributed by atoms with van der Waals surface area (Å²) in [5.41, 5.74) is 1.97. The fourth-order valence-corrected chi connectivity index (χ4v) is 3.79. The Hall–Kier alpha value is -1.92. The molecule has 0 spiro atoms. The summed E-state index contributed by atoms with van der Waals surface area (Å²) in [5.74, 6) is -0.866. The van der Waals surface area contributed by atoms with E-state index in [4.69, 9.17) is 16.8 Å². The van der Waals surface area contributed by atoms with Gasteiger partial charge in [0.1, 0.15) is 6.04 Å². The lowest BCUT2D eigenvalue weighted by Gasteiger charge is -2.34. The van der Waals surface area contributed by atoms with Crippen LogP contribution in [0.15, 0.2) is 24.3 Å². The molecule has 0 radical (unpaired) electrons. The molecular weight excluding hydrogens is 386 g/mol. The summed E-state index contributed by atoms with van der Waals surface area (Å²) in [7, 11) is -3.91. The summed E-state index contributed by atoms with van der Waals surface area (Å²) in [4.78, 5) is 25.0. The summed E-state index contributed by atoms with van der Waals surface area (Å²) >= 11 is 5.79. The Labute approximate surface area is 156 Å². The van der Waals surface area contributed by atoms with Crippen LogP contribution in [0.1, 0.15) is 6.92 Å². The fraction of sp³-hybridized carbons (Fsp3) is 0.429. The minimum atomic E-state index is -3.91. The Morgan fingerprint density at radius 3 is 2.27 bits per heavy atom. The number of carbonyl (C=O) groups is 2. The van der Waals surface area contributed by atoms with Gasteiger partial charge in [0.15, 0.2) is 0 Å². The van der Waals surface area contributed by atoms with E-state index in [1.165, 1.54) is 17.3 Å². The van der Waals surface area contributed by atoms with E-state index < -0.39 is 22.2 Å². The smallest absolute Gasteiger partial charge is 0.321 e. The number of benzene rings is 1. The first-order valence-electron chi connectivity index (χ1n) is 7.76. The van der Waals surface area contributed by atoms with E-state index in [2.05, 4.69) is 10.0 Å². The Morgan fingerprint density at radius 1 is 1.15 bits per heavy atom. The van der Waals surface area contributed by atoms with Gasteiger partial charge in [-0.25, -0.2) is 10.3 Å². The van der Waals surface area contributed by atoms with Crippen LogP contribution in [0, 0.1) is 0 Å². The molecule has 0 aromatic heterocycles. The quantitative estimate of drug-likeness (QED) is 0.411. The molecule has 0 aliphatic carbocycles. The number of amides is 3. The second kappa shape index (κ2) is 8.64. The standard InChI is InChI=1S/C14H20ClN5O5S/c1-10(13(21)17-23)18-26(24,25)20-8-6-19(7-9-20)14(22)16-12-4-2-11(15)3-5-12/h2-5,10,18,23H,6-9H2,1H3,(H,16,22)(H,17,21). The Kier molecular flexibility index (Phi) is 6.78. The normalized spacial score (nSPS) is 16.8. The van der Waals surface area contributed by atoms with Crippen LogP contribution in [-0.4, -0.2) is 67.0 Å². The number of nitrogens with zero attached hydrogens (tertiary/aromatic N) is 2. The van der Waals surface area contributed by atoms with Gasteiger partial charge in [0, 0.05) is 36.9 Å². The van der Waals surface area contributed by atoms with Gasteiger partial charge in [-0.15, -0.1) is 0 Å². The lowest BCUT2D eigenvalue weighted by Crippen LogP contribution is -2.56. The molecule has 1 unspecified atom stereocenters. The maximum atomic E-state index is 12.2. The van der Waals surface area contributed by atoms with E-state index in [0.29, 0.717) is 10.7 Å². The molecule has 1 aromatic rings. The molecule has 144 valence electrons. The van der Waals surface area contributed by atoms with Crippen LogP contribution >= 0.6 is 11.6 Å². The van der Waals surface area contributed by atoms with Gasteiger partial charge in [-0.2, -0.15) is 17.4 Å². The first-order valence-corrected chi connectivity index (χ1v) is 9.57. The first kappa shape index (κ1) is 20.4. The van der Waals surface area contributed by atoms with Crippen molar-refractivity contribution in [1.29, 1.82) is 0 Å². The van der Waals surface area contributed by atoms with Gasteiger partial charge in [-0.05, 0) is 31.2 Å². The molecule has 0 bridgehead atoms. The number of piperazine rings is 1. The van der Waals surface area contributed by atoms with Crippen molar-refractivity contribution in [1.82, 2.24) is 19.4 Å². The zero-order chi connectivity index (χ0) is 19.3. The number of hydrogen-bond donors (Lipinski definition) is 4. The second-order valence-electron chi connectivity index (χ2n) is 5.64. The molecule has 1 fully saturated rings. The van der Waals surface area contributed by atoms with Gasteiger partial charge in [0.25, 0.3) is 16.1 Å². The minimum Gasteiger partial charge on any atom is -0.322 e. The van der Waals surface area contributed by atoms with Gasteiger partial charge < -0.3 is 10.2 Å². The molecule has 12 heteroatoms. The molecule has 0 saturated carbocycles. The topological polar surface area (TPSA) is 131 Å². The lowest BCUT2D eigenvalue weighted by molar-refractivity contribution is -0.130. The molecule has 1 aliphatic heterocycles. The van der Waals surface area contributed by atoms with Gasteiger partial charge >= 0.3 is 6.03 Å². The van der Waals surface area contributed by atoms with Crippen molar-refractivity contribution < 1.29 is 23.2 Å². The average Bonchev–Trinajstić information content (AvgIpc) is 2.62. The van der Waals surface area contributed by atoms with Crippen molar-refractivity contribution in [3.8, 4) is 0 Å². The SMILES string of the molecule is CC(NS(=O)(=O)N1CCN(C(=O)Nc2ccc(Cl)cc2)CC1)C(=O)NO. The maximum Gasteiger partial charge on any atom is 0.321 e. The van der Waals surface area contributed by atoms with Gasteiger partial charge in [0.2, 0.25) is 0 Å². The van der Waals surface area contributed by atoms with Crippen LogP contribution < -0.4 is 15.5 Å². The lowest BCUT2D eigenvalue weighted by atomic mass is 10.3. The number of nitrogens with one attached hydrogen (secondary N) is 3. The summed E-state index contributed by atoms with van der Waals surface area (Å²) in [6.07, 6.45) is 0. The molecular formula is C14H20ClN5O5S. The van der Waals surface area contributed by atoms with Crippen LogP contribution in [-0.2, 0) is 15.0 Å². The van der Waals surface area contributed by atoms with Crippen LogP contribution in [0.5, 0.6) is 0 Å². The number of anilines is 1. The molecule has 4 N–H and O–H groups in total. The van der Waals surface area contributed by atoms with E-state index in [9.17, 15) is 18.0 Å². The number of hydroxylamine groups is 1. The number of hydrogen-bond acceptors (Lipinski definition) is 5. The highest BCUT2D eigenvalue weighted by molar-refractivity contribution is 7.87. The van der Waals surface area contributed by atoms with E-state index in [1.807, 2.05) is 0 Å². The number of rotatable bonds is 5. The Balaban J connectivity index is 1.88. The summed E-state index contributed by atoms with van der Waals surface area (Å²) < 4.78 is 27.8. The predicted molar refractivity (Wildman–Crippen MR) is 95.1 cm³/mol. The monoisotopic (exact) mass is 405 g/mol. The highest BCUT2D eigenvalue weighted by Gasteiger charge is 2.31. The molecule has 3 amide bonds. The van der Waals surface area contributed by atoms with Crippen molar-refractivity contribution in [2.75, 3.05) is 31.5 Å². The summed E-state index contributed by atoms with van der Waals surface area (Å²) in [6.45, 7) is 1.86. The largest absolute Gasteiger partial charge is 0.322 e. The van der Waals surface area contributed by atoms with E-state index in [1.54, 1.807) is 24.3 Å². The second-order valence-corrected chi connectivity index (χ2v) is 7.78. The average molecular weight is 406 g/mol. The zero-order valence-electron chi connectivity index (χ0n) is 14.0. The van der Waals surface area contributed by atoms with E-state index in [0.717, 1.165) is 4.31 Å². The van der Waals surface area contributed by atoms with Gasteiger partial charge in [0.05, 0.1) is 0 Å². The third-order valence-corrected chi connectivity index (χ3v) is 5.74. The Bertz CT molecular complexity index is 749. The number of urea groups is 1. The minimum absolute atomic E-state index is 0.0802. The molecule has 1 atom stereocenters. The zero-order valence-corrected chi connectivity index (χ0v) is 15.5. The number of carbonyl (C=O) groups excluding carboxylic acids is 2. The third kappa shape index (κ3) is 5.29. The van der Waals surface area contributed by atoms with E-state index >= 15 is 0 Å². The Morgan fingerprint density at radius 2 is 1.73 bits per heavy atom. The molecule has 1 heterocycles. The van der Waals surface area contributed by atoms with Crippen LogP contribution in [0.2, 0.25) is 5.02 Å². The number of halogens is 1. The molecule has 1 aromatic carbocycles. The molecule has 2 rings (SSSR count). The maximum absolute atomic E-state index is 12.2. The summed E-state index contributed by atoms with van der Waals surface area (Å²) in [6, 6.07) is 5.16. The predicted octanol–water partition coefficient (Wildman–Crippen LogP) is 0.218. The highest BCUT2D eigenvalue weighted by Crippen LogP contribution is 2.15. The van der Waals surface area contributed by atoms with Crippen LogP contribution in [0.25, 0.3) is 0 Å². The highest BCUT2D eigenvalue weighted by atomic mass is 35.5. The molecule has 10 nitrogen and oxygen atoms in total. The van der Waals surface area contributed by atoms with Crippen molar-refractivity contribution >= 4 is 39.4 Å². The van der Waals surface area contributed by atoms with Crippen molar-refractivity contribution in [3.63, 3.8) is 0 Å². The van der Waals surface area contributed by atoms with Crippen molar-refractivity contribution in [2.24, 2.45) is 0 Å². The fourth-order valence-electron chi connectivity index (χ4n) is 2.32. The molecule has 26 heavy (non-hydrogen) atoms. The van der Waals surface area contributed by atoms with Crippen LogP contribution in [0.3, 0.4) is 0 Å². The van der Waals surface area contributed by atoms with Crippen molar-refractivity contribution in [3.05, 3.63) is 29.3 Å². The van der Waals surface area contributed by atoms with Gasteiger partial charge in [-0.1, -0.05) is 11.6 Å². The third-order valence-electron chi connectivity index (χ3n) is 3.79. The molecule has 1 aliphatic rings. The van der Waals surface area contributed by atoms with Crippen LogP contribution in [0.4, 0.5) is 10.5 Å².